The van der Waals surface area contributed by atoms with E-state index in [1.807, 2.05) is 74.5 Å². The lowest BCUT2D eigenvalue weighted by molar-refractivity contribution is -0.157. The molecule has 1 saturated heterocycles. The Morgan fingerprint density at radius 2 is 1.01 bits per heavy atom. The Balaban J connectivity index is 4.33. The molecule has 0 spiro atoms. The minimum absolute atomic E-state index is 0.0490. The molecule has 0 radical (unpaired) electrons. The summed E-state index contributed by atoms with van der Waals surface area (Å²) in [5.74, 6) is -9.24. The average Bonchev–Trinajstić information content (AvgIpc) is 3.54. The van der Waals surface area contributed by atoms with Crippen LogP contribution >= 0.6 is 0 Å². The zero-order chi connectivity index (χ0) is 66.0. The van der Waals surface area contributed by atoms with Crippen molar-refractivity contribution in [2.75, 3.05) is 55.9 Å². The zero-order valence-electron chi connectivity index (χ0n) is 56.8. The Labute approximate surface area is 512 Å². The van der Waals surface area contributed by atoms with Crippen molar-refractivity contribution in [3.05, 3.63) is 24.4 Å². The highest BCUT2D eigenvalue weighted by atomic mass is 16.3. The fraction of sp³-hybridized carbons (Fsp3) is 0.785. The number of hydrogen-bond acceptors (Lipinski definition) is 12. The van der Waals surface area contributed by atoms with Crippen LogP contribution in [0.4, 0.5) is 0 Å². The Bertz CT molecular complexity index is 2320. The largest absolute Gasteiger partial charge is 0.390 e. The van der Waals surface area contributed by atoms with E-state index < -0.39 is 143 Å². The number of carbonyl (C=O) groups excluding carboxylic acids is 10. The number of likely N-dealkylation sites (N-methyl/N-ethyl adjacent to an activating group) is 7. The van der Waals surface area contributed by atoms with Crippen LogP contribution in [0.3, 0.4) is 0 Å². The van der Waals surface area contributed by atoms with Crippen molar-refractivity contribution < 1.29 is 53.1 Å². The molecule has 0 bridgehead atoms. The number of hydrogen-bond donors (Lipinski definition) is 3. The molecular formula is C65H115N9O11. The fourth-order valence-electron chi connectivity index (χ4n) is 11.4. The molecule has 0 aromatic rings. The number of ketones is 2. The first-order valence-corrected chi connectivity index (χ1v) is 31.2. The molecule has 13 atom stereocenters. The molecule has 0 aromatic carbocycles. The maximum absolute atomic E-state index is 15.2. The molecule has 0 saturated carbocycles. The number of nitrogens with one attached hydrogen (secondary N) is 2. The Morgan fingerprint density at radius 3 is 1.47 bits per heavy atom. The molecule has 1 fully saturated rings. The molecule has 0 aromatic heterocycles. The lowest BCUT2D eigenvalue weighted by Gasteiger charge is -2.41. The molecule has 1 rings (SSSR count). The highest BCUT2D eigenvalue weighted by molar-refractivity contribution is 5.99. The van der Waals surface area contributed by atoms with Crippen LogP contribution in [0.2, 0.25) is 0 Å². The second-order valence-electron chi connectivity index (χ2n) is 26.6. The van der Waals surface area contributed by atoms with Gasteiger partial charge in [0, 0.05) is 79.7 Å². The molecule has 0 aliphatic carbocycles. The highest BCUT2D eigenvalue weighted by Gasteiger charge is 2.45. The van der Waals surface area contributed by atoms with Gasteiger partial charge in [-0.2, -0.15) is 0 Å². The van der Waals surface area contributed by atoms with Gasteiger partial charge in [0.15, 0.2) is 11.6 Å². The second-order valence-corrected chi connectivity index (χ2v) is 26.6. The van der Waals surface area contributed by atoms with Gasteiger partial charge in [-0.3, -0.25) is 47.9 Å². The van der Waals surface area contributed by atoms with Gasteiger partial charge in [0.25, 0.3) is 0 Å². The molecule has 1 heterocycles. The number of amides is 8. The van der Waals surface area contributed by atoms with Crippen LogP contribution in [0.25, 0.3) is 0 Å². The van der Waals surface area contributed by atoms with Gasteiger partial charge >= 0.3 is 0 Å². The van der Waals surface area contributed by atoms with Gasteiger partial charge < -0.3 is 50.0 Å². The monoisotopic (exact) mass is 1200 g/mol. The van der Waals surface area contributed by atoms with Crippen LogP contribution in [0, 0.1) is 53.3 Å². The first-order chi connectivity index (χ1) is 39.3. The number of Topliss-reactive ketones (excluding diaryl/α,β-unsaturated/α-hetero) is 2. The standard InChI is InChI=1S/C65H115N9O11/c1-26-29-30-43(15)57(77)56-52(76)35-47(28-3)61(81)68(19)36-45(17)69(20)55(42(14)27-2)59(79)67-53(40(10)11)64(84)70(21)48(31-37(4)5)58(78)66-46(18)51(75)34-44(16)60(80)71(22)49(32-38(6)7)62(82)72(23)50(33-39(8)9)63(83)73(24)54(41(12)13)65(85)74(56)25/h26,29,37-44,46-50,53-57,77H,17,27-28,30-36H2,1-16,18-25H3,(H,66,78)(H,67,79)/b29-26+/t42-,43+,44-,46-,47+,48-,49-,50-,53-,54-,55-,56+,57+/m0/s1. The lowest BCUT2D eigenvalue weighted by Crippen LogP contribution is -2.61. The molecule has 486 valence electrons. The maximum atomic E-state index is 15.2. The van der Waals surface area contributed by atoms with E-state index in [4.69, 9.17) is 0 Å². The predicted octanol–water partition coefficient (Wildman–Crippen LogP) is 6.44. The van der Waals surface area contributed by atoms with E-state index in [9.17, 15) is 43.5 Å². The summed E-state index contributed by atoms with van der Waals surface area (Å²) in [5, 5.41) is 18.0. The summed E-state index contributed by atoms with van der Waals surface area (Å²) in [6.07, 6.45) is 3.38. The van der Waals surface area contributed by atoms with Crippen molar-refractivity contribution in [3.8, 4) is 0 Å². The van der Waals surface area contributed by atoms with Gasteiger partial charge in [0.05, 0.1) is 18.7 Å². The third-order valence-electron chi connectivity index (χ3n) is 17.3. The van der Waals surface area contributed by atoms with Gasteiger partial charge in [-0.05, 0) is 87.4 Å². The van der Waals surface area contributed by atoms with Crippen molar-refractivity contribution in [1.82, 2.24) is 44.9 Å². The normalized spacial score (nSPS) is 27.4. The maximum Gasteiger partial charge on any atom is 0.246 e. The summed E-state index contributed by atoms with van der Waals surface area (Å²) in [7, 11) is 10.7. The van der Waals surface area contributed by atoms with E-state index in [1.165, 1.54) is 71.6 Å². The van der Waals surface area contributed by atoms with Gasteiger partial charge in [-0.1, -0.05) is 129 Å². The van der Waals surface area contributed by atoms with Gasteiger partial charge in [-0.15, -0.1) is 0 Å². The van der Waals surface area contributed by atoms with Crippen molar-refractivity contribution in [1.29, 1.82) is 0 Å². The van der Waals surface area contributed by atoms with Crippen molar-refractivity contribution in [2.45, 2.75) is 224 Å². The fourth-order valence-corrected chi connectivity index (χ4v) is 11.4. The summed E-state index contributed by atoms with van der Waals surface area (Å²) < 4.78 is 0. The van der Waals surface area contributed by atoms with E-state index in [0.717, 1.165) is 0 Å². The first-order valence-electron chi connectivity index (χ1n) is 31.2. The molecule has 3 N–H and O–H groups in total. The summed E-state index contributed by atoms with van der Waals surface area (Å²) in [4.78, 5) is 157. The smallest absolute Gasteiger partial charge is 0.246 e. The Morgan fingerprint density at radius 1 is 0.541 bits per heavy atom. The second kappa shape index (κ2) is 35.2. The first kappa shape index (κ1) is 77.4. The molecule has 20 nitrogen and oxygen atoms in total. The Hall–Kier alpha value is -5.66. The van der Waals surface area contributed by atoms with E-state index in [1.54, 1.807) is 67.5 Å². The number of aliphatic hydroxyl groups excluding tert-OH is 1. The zero-order valence-corrected chi connectivity index (χ0v) is 56.8. The molecule has 8 amide bonds. The molecule has 20 heteroatoms. The SMILES string of the molecule is C=C1CN(C)C(=O)[C@H](CC)CC(=O)[C@H]([C@H](O)[C@H](C)C/C=C/C)N(C)C(=O)[C@H](C(C)C)N(C)C(=O)[C@H](CC(C)C)N(C)C(=O)[C@H](CC(C)C)N(C)C(=O)[C@@H](C)CC(=O)[C@H](C)NC(=O)[C@H](CC(C)C)N(C)C(=O)[C@H](C(C)C)NC(=O)[C@H]([C@@H](C)CC)N1C. The average molecular weight is 1200 g/mol. The third kappa shape index (κ3) is 21.3. The predicted molar refractivity (Wildman–Crippen MR) is 335 cm³/mol. The minimum Gasteiger partial charge on any atom is -0.390 e. The summed E-state index contributed by atoms with van der Waals surface area (Å²) in [6, 6.07) is -8.93. The number of nitrogens with zero attached hydrogens (tertiary/aromatic N) is 7. The van der Waals surface area contributed by atoms with E-state index in [0.29, 0.717) is 18.5 Å². The van der Waals surface area contributed by atoms with Gasteiger partial charge in [-0.25, -0.2) is 0 Å². The summed E-state index contributed by atoms with van der Waals surface area (Å²) >= 11 is 0. The van der Waals surface area contributed by atoms with Crippen molar-refractivity contribution in [2.24, 2.45) is 53.3 Å². The number of rotatable bonds is 15. The molecule has 85 heavy (non-hydrogen) atoms. The molecular weight excluding hydrogens is 1080 g/mol. The van der Waals surface area contributed by atoms with Crippen LogP contribution in [0.5, 0.6) is 0 Å². The van der Waals surface area contributed by atoms with Crippen LogP contribution < -0.4 is 10.6 Å². The number of aliphatic hydroxyl groups is 1. The van der Waals surface area contributed by atoms with Crippen molar-refractivity contribution in [3.63, 3.8) is 0 Å². The molecule has 1 aliphatic rings. The Kier molecular flexibility index (Phi) is 32.1. The van der Waals surface area contributed by atoms with E-state index >= 15 is 9.59 Å². The summed E-state index contributed by atoms with van der Waals surface area (Å²) in [6.45, 7) is 35.1. The highest BCUT2D eigenvalue weighted by Crippen LogP contribution is 2.28. The third-order valence-corrected chi connectivity index (χ3v) is 17.3. The van der Waals surface area contributed by atoms with Crippen LogP contribution in [0.15, 0.2) is 24.4 Å². The van der Waals surface area contributed by atoms with Crippen LogP contribution in [-0.4, -0.2) is 209 Å². The van der Waals surface area contributed by atoms with E-state index in [-0.39, 0.29) is 68.7 Å². The topological polar surface area (TPSA) is 238 Å². The molecule has 1 aliphatic heterocycles. The molecule has 0 unspecified atom stereocenters. The van der Waals surface area contributed by atoms with E-state index in [2.05, 4.69) is 17.2 Å². The number of carbonyl (C=O) groups is 10. The van der Waals surface area contributed by atoms with Gasteiger partial charge in [0.2, 0.25) is 47.3 Å². The summed E-state index contributed by atoms with van der Waals surface area (Å²) in [5.41, 5.74) is 0.392. The van der Waals surface area contributed by atoms with Crippen LogP contribution in [-0.2, 0) is 47.9 Å². The van der Waals surface area contributed by atoms with Crippen LogP contribution in [0.1, 0.15) is 169 Å². The lowest BCUT2D eigenvalue weighted by atomic mass is 9.86. The number of allylic oxidation sites excluding steroid dienone is 2. The van der Waals surface area contributed by atoms with Gasteiger partial charge in [0.1, 0.15) is 42.3 Å². The van der Waals surface area contributed by atoms with Crippen molar-refractivity contribution >= 4 is 58.8 Å². The minimum atomic E-state index is -1.44. The quantitative estimate of drug-likeness (QED) is 0.150.